The van der Waals surface area contributed by atoms with Crippen LogP contribution in [0.4, 0.5) is 5.95 Å². The lowest BCUT2D eigenvalue weighted by atomic mass is 10.2. The van der Waals surface area contributed by atoms with Crippen molar-refractivity contribution in [3.8, 4) is 11.3 Å². The van der Waals surface area contributed by atoms with Crippen molar-refractivity contribution in [3.63, 3.8) is 0 Å². The number of aromatic nitrogens is 4. The van der Waals surface area contributed by atoms with Gasteiger partial charge in [-0.25, -0.2) is 0 Å². The average molecular weight is 323 g/mol. The summed E-state index contributed by atoms with van der Waals surface area (Å²) >= 11 is 12.0. The summed E-state index contributed by atoms with van der Waals surface area (Å²) in [5.41, 5.74) is 6.23. The molecule has 0 aliphatic heterocycles. The number of benzene rings is 1. The second-order valence-electron chi connectivity index (χ2n) is 4.00. The van der Waals surface area contributed by atoms with Crippen molar-refractivity contribution in [1.29, 1.82) is 0 Å². The number of furan rings is 1. The Morgan fingerprint density at radius 3 is 2.81 bits per heavy atom. The molecule has 0 aliphatic carbocycles. The molecule has 0 atom stereocenters. The molecule has 1 aromatic carbocycles. The first-order valence-corrected chi connectivity index (χ1v) is 6.52. The van der Waals surface area contributed by atoms with Crippen LogP contribution in [0.15, 0.2) is 39.9 Å². The van der Waals surface area contributed by atoms with Crippen LogP contribution in [0.5, 0.6) is 0 Å². The molecule has 0 amide bonds. The highest BCUT2D eigenvalue weighted by Gasteiger charge is 2.08. The van der Waals surface area contributed by atoms with Crippen molar-refractivity contribution >= 4 is 35.4 Å². The monoisotopic (exact) mass is 322 g/mol. The van der Waals surface area contributed by atoms with Gasteiger partial charge in [0.25, 0.3) is 5.95 Å². The molecule has 0 spiro atoms. The zero-order valence-electron chi connectivity index (χ0n) is 10.4. The van der Waals surface area contributed by atoms with Gasteiger partial charge < -0.3 is 10.2 Å². The quantitative estimate of drug-likeness (QED) is 0.748. The zero-order valence-corrected chi connectivity index (χ0v) is 12.0. The average Bonchev–Trinajstić information content (AvgIpc) is 3.05. The van der Waals surface area contributed by atoms with Gasteiger partial charge >= 0.3 is 0 Å². The summed E-state index contributed by atoms with van der Waals surface area (Å²) in [6.45, 7) is 0. The fourth-order valence-electron chi connectivity index (χ4n) is 1.64. The van der Waals surface area contributed by atoms with Gasteiger partial charge in [-0.15, -0.1) is 0 Å². The fraction of sp³-hybridized carbons (Fsp3) is 0. The van der Waals surface area contributed by atoms with E-state index in [9.17, 15) is 0 Å². The molecule has 0 saturated heterocycles. The van der Waals surface area contributed by atoms with Crippen LogP contribution in [-0.4, -0.2) is 26.5 Å². The molecule has 2 N–H and O–H groups in total. The second kappa shape index (κ2) is 5.55. The summed E-state index contributed by atoms with van der Waals surface area (Å²) in [6.07, 6.45) is 1.44. The van der Waals surface area contributed by atoms with Gasteiger partial charge in [0.2, 0.25) is 0 Å². The smallest absolute Gasteiger partial charge is 0.263 e. The summed E-state index contributed by atoms with van der Waals surface area (Å²) < 4.78 is 5.63. The number of nitrogen functional groups attached to an aromatic ring is 1. The molecule has 0 fully saturated rings. The van der Waals surface area contributed by atoms with E-state index in [4.69, 9.17) is 33.4 Å². The molecule has 2 aromatic heterocycles. The summed E-state index contributed by atoms with van der Waals surface area (Å²) in [5.74, 6) is 1.19. The summed E-state index contributed by atoms with van der Waals surface area (Å²) in [4.78, 5) is 1.08. The molecule has 0 unspecified atom stereocenters. The SMILES string of the molecule is Nc1nnnn1N=Cc1ccc(-c2ccc(Cl)cc2Cl)o1. The minimum atomic E-state index is 0.0822. The predicted octanol–water partition coefficient (Wildman–Crippen LogP) is 2.70. The van der Waals surface area contributed by atoms with Crippen molar-refractivity contribution in [3.05, 3.63) is 46.1 Å². The highest BCUT2D eigenvalue weighted by molar-refractivity contribution is 6.36. The first-order valence-electron chi connectivity index (χ1n) is 5.77. The first kappa shape index (κ1) is 13.6. The van der Waals surface area contributed by atoms with E-state index in [-0.39, 0.29) is 5.95 Å². The zero-order chi connectivity index (χ0) is 14.8. The van der Waals surface area contributed by atoms with E-state index in [1.54, 1.807) is 30.3 Å². The van der Waals surface area contributed by atoms with Crippen molar-refractivity contribution in [2.75, 3.05) is 5.73 Å². The molecule has 0 aliphatic rings. The molecule has 7 nitrogen and oxygen atoms in total. The number of halogens is 2. The van der Waals surface area contributed by atoms with E-state index in [0.29, 0.717) is 21.6 Å². The Hall–Kier alpha value is -2.38. The van der Waals surface area contributed by atoms with Crippen molar-refractivity contribution in [1.82, 2.24) is 20.3 Å². The number of tetrazole rings is 1. The van der Waals surface area contributed by atoms with Crippen LogP contribution in [0.25, 0.3) is 11.3 Å². The third kappa shape index (κ3) is 2.88. The van der Waals surface area contributed by atoms with Crippen molar-refractivity contribution in [2.45, 2.75) is 0 Å². The molecule has 21 heavy (non-hydrogen) atoms. The largest absolute Gasteiger partial charge is 0.455 e. The Morgan fingerprint density at radius 2 is 2.10 bits per heavy atom. The number of hydrogen-bond acceptors (Lipinski definition) is 6. The van der Waals surface area contributed by atoms with Gasteiger partial charge in [-0.05, 0) is 40.8 Å². The minimum Gasteiger partial charge on any atom is -0.455 e. The van der Waals surface area contributed by atoms with Crippen LogP contribution in [-0.2, 0) is 0 Å². The molecular formula is C12H8Cl2N6O. The Kier molecular flexibility index (Phi) is 3.59. The normalized spacial score (nSPS) is 11.3. The lowest BCUT2D eigenvalue weighted by molar-refractivity contribution is 0.573. The van der Waals surface area contributed by atoms with Crippen LogP contribution in [0.2, 0.25) is 10.0 Å². The fourth-order valence-corrected chi connectivity index (χ4v) is 2.14. The number of anilines is 1. The lowest BCUT2D eigenvalue weighted by Crippen LogP contribution is -1.99. The highest BCUT2D eigenvalue weighted by Crippen LogP contribution is 2.31. The van der Waals surface area contributed by atoms with Crippen LogP contribution in [0.1, 0.15) is 5.76 Å². The Balaban J connectivity index is 1.86. The van der Waals surface area contributed by atoms with Gasteiger partial charge in [-0.1, -0.05) is 33.1 Å². The van der Waals surface area contributed by atoms with Crippen LogP contribution in [0, 0.1) is 0 Å². The minimum absolute atomic E-state index is 0.0822. The summed E-state index contributed by atoms with van der Waals surface area (Å²) in [5, 5.41) is 15.5. The highest BCUT2D eigenvalue weighted by atomic mass is 35.5. The van der Waals surface area contributed by atoms with E-state index >= 15 is 0 Å². The third-order valence-electron chi connectivity index (χ3n) is 2.59. The van der Waals surface area contributed by atoms with Crippen molar-refractivity contribution in [2.24, 2.45) is 5.10 Å². The number of nitrogens with two attached hydrogens (primary N) is 1. The topological polar surface area (TPSA) is 95.1 Å². The van der Waals surface area contributed by atoms with Gasteiger partial charge in [0, 0.05) is 10.6 Å². The van der Waals surface area contributed by atoms with E-state index in [2.05, 4.69) is 20.6 Å². The molecule has 3 rings (SSSR count). The molecule has 3 aromatic rings. The van der Waals surface area contributed by atoms with E-state index in [0.717, 1.165) is 10.4 Å². The maximum Gasteiger partial charge on any atom is 0.263 e. The molecule has 2 heterocycles. The predicted molar refractivity (Wildman–Crippen MR) is 79.4 cm³/mol. The Morgan fingerprint density at radius 1 is 1.24 bits per heavy atom. The van der Waals surface area contributed by atoms with Gasteiger partial charge in [0.05, 0.1) is 11.2 Å². The Bertz CT molecular complexity index is 810. The Labute approximate surface area is 129 Å². The van der Waals surface area contributed by atoms with Gasteiger partial charge in [-0.3, -0.25) is 0 Å². The van der Waals surface area contributed by atoms with E-state index in [1.165, 1.54) is 6.21 Å². The summed E-state index contributed by atoms with van der Waals surface area (Å²) in [6, 6.07) is 8.69. The van der Waals surface area contributed by atoms with Crippen molar-refractivity contribution < 1.29 is 4.42 Å². The molecule has 0 saturated carbocycles. The molecule has 106 valence electrons. The van der Waals surface area contributed by atoms with Gasteiger partial charge in [-0.2, -0.15) is 5.10 Å². The maximum atomic E-state index is 6.13. The number of hydrogen-bond donors (Lipinski definition) is 1. The van der Waals surface area contributed by atoms with Crippen LogP contribution in [0.3, 0.4) is 0 Å². The number of nitrogens with zero attached hydrogens (tertiary/aromatic N) is 5. The second-order valence-corrected chi connectivity index (χ2v) is 4.84. The lowest BCUT2D eigenvalue weighted by Gasteiger charge is -2.00. The van der Waals surface area contributed by atoms with E-state index < -0.39 is 0 Å². The standard InChI is InChI=1S/C12H8Cl2N6O/c13-7-1-3-9(10(14)5-7)11-4-2-8(21-11)6-16-20-12(15)17-18-19-20/h1-6H,(H2,15,17,19). The molecule has 0 bridgehead atoms. The third-order valence-corrected chi connectivity index (χ3v) is 3.14. The maximum absolute atomic E-state index is 6.13. The molecule has 0 radical (unpaired) electrons. The number of rotatable bonds is 3. The van der Waals surface area contributed by atoms with E-state index in [1.807, 2.05) is 0 Å². The molecular weight excluding hydrogens is 315 g/mol. The van der Waals surface area contributed by atoms with Crippen LogP contribution < -0.4 is 5.73 Å². The van der Waals surface area contributed by atoms with Gasteiger partial charge in [0.1, 0.15) is 11.5 Å². The summed E-state index contributed by atoms with van der Waals surface area (Å²) in [7, 11) is 0. The molecule has 9 heteroatoms. The first-order chi connectivity index (χ1) is 10.1. The van der Waals surface area contributed by atoms with Gasteiger partial charge in [0.15, 0.2) is 0 Å². The van der Waals surface area contributed by atoms with Crippen LogP contribution >= 0.6 is 23.2 Å².